The SMILES string of the molecule is CC(NPOc1c(F)c(F)c(F)c(F)c1F)C(=O)OCc1ccccc1.Oc1ccccc1. The van der Waals surface area contributed by atoms with Gasteiger partial charge in [0.15, 0.2) is 0 Å². The number of esters is 1. The molecule has 5 nitrogen and oxygen atoms in total. The van der Waals surface area contributed by atoms with Crippen molar-refractivity contribution in [3.8, 4) is 11.5 Å². The molecule has 0 aromatic heterocycles. The molecule has 0 aliphatic heterocycles. The van der Waals surface area contributed by atoms with Crippen LogP contribution in [-0.2, 0) is 16.1 Å². The summed E-state index contributed by atoms with van der Waals surface area (Å²) >= 11 is 0. The highest BCUT2D eigenvalue weighted by atomic mass is 31.1. The lowest BCUT2D eigenvalue weighted by atomic mass is 10.2. The van der Waals surface area contributed by atoms with E-state index >= 15 is 0 Å². The summed E-state index contributed by atoms with van der Waals surface area (Å²) in [6.45, 7) is 1.41. The molecule has 0 fully saturated rings. The van der Waals surface area contributed by atoms with Gasteiger partial charge in [-0.3, -0.25) is 9.88 Å². The lowest BCUT2D eigenvalue weighted by molar-refractivity contribution is -0.146. The molecule has 33 heavy (non-hydrogen) atoms. The van der Waals surface area contributed by atoms with Crippen LogP contribution in [0.5, 0.6) is 11.5 Å². The largest absolute Gasteiger partial charge is 0.508 e. The molecule has 0 spiro atoms. The van der Waals surface area contributed by atoms with Crippen LogP contribution in [0.3, 0.4) is 0 Å². The quantitative estimate of drug-likeness (QED) is 0.154. The summed E-state index contributed by atoms with van der Waals surface area (Å²) in [5.74, 6) is -12.5. The van der Waals surface area contributed by atoms with Crippen LogP contribution in [0, 0.1) is 29.1 Å². The Morgan fingerprint density at radius 2 is 1.36 bits per heavy atom. The first-order valence-corrected chi connectivity index (χ1v) is 10.3. The van der Waals surface area contributed by atoms with E-state index in [1.807, 2.05) is 6.07 Å². The van der Waals surface area contributed by atoms with Gasteiger partial charge in [-0.05, 0) is 24.6 Å². The van der Waals surface area contributed by atoms with Crippen LogP contribution in [0.2, 0.25) is 0 Å². The number of aromatic hydroxyl groups is 1. The molecule has 11 heteroatoms. The first kappa shape index (κ1) is 26.0. The zero-order chi connectivity index (χ0) is 24.4. The number of hydrogen-bond acceptors (Lipinski definition) is 5. The number of rotatable bonds is 7. The summed E-state index contributed by atoms with van der Waals surface area (Å²) in [6, 6.07) is 16.6. The molecular formula is C22H19F5NO4P. The second-order valence-corrected chi connectivity index (χ2v) is 7.09. The minimum atomic E-state index is -2.28. The van der Waals surface area contributed by atoms with E-state index in [0.29, 0.717) is 5.75 Å². The first-order valence-electron chi connectivity index (χ1n) is 9.35. The maximum atomic E-state index is 13.4. The van der Waals surface area contributed by atoms with Crippen LogP contribution < -0.4 is 9.61 Å². The molecule has 3 aromatic rings. The molecule has 0 aliphatic carbocycles. The highest BCUT2D eigenvalue weighted by Crippen LogP contribution is 2.32. The minimum Gasteiger partial charge on any atom is -0.508 e. The number of phenolic OH excluding ortho intramolecular Hbond substituents is 1. The average Bonchev–Trinajstić information content (AvgIpc) is 2.83. The van der Waals surface area contributed by atoms with Gasteiger partial charge in [0.25, 0.3) is 0 Å². The maximum Gasteiger partial charge on any atom is 0.323 e. The van der Waals surface area contributed by atoms with E-state index in [4.69, 9.17) is 9.84 Å². The van der Waals surface area contributed by atoms with Gasteiger partial charge in [0.2, 0.25) is 34.8 Å². The molecular weight excluding hydrogens is 468 g/mol. The number of halogens is 5. The van der Waals surface area contributed by atoms with Crippen molar-refractivity contribution in [2.75, 3.05) is 0 Å². The van der Waals surface area contributed by atoms with Crippen LogP contribution in [0.15, 0.2) is 60.7 Å². The molecule has 3 aromatic carbocycles. The summed E-state index contributed by atoms with van der Waals surface area (Å²) < 4.78 is 75.5. The minimum absolute atomic E-state index is 0.0211. The van der Waals surface area contributed by atoms with Gasteiger partial charge in [-0.25, -0.2) is 13.2 Å². The van der Waals surface area contributed by atoms with Gasteiger partial charge in [-0.2, -0.15) is 8.78 Å². The molecule has 0 amide bonds. The number of benzene rings is 3. The normalized spacial score (nSPS) is 11.6. The lowest BCUT2D eigenvalue weighted by Crippen LogP contribution is -2.30. The molecule has 0 saturated heterocycles. The summed E-state index contributed by atoms with van der Waals surface area (Å²) in [5, 5.41) is 11.1. The van der Waals surface area contributed by atoms with Gasteiger partial charge in [0, 0.05) is 0 Å². The van der Waals surface area contributed by atoms with Crippen molar-refractivity contribution in [3.63, 3.8) is 0 Å². The second-order valence-electron chi connectivity index (χ2n) is 6.40. The van der Waals surface area contributed by atoms with Gasteiger partial charge in [-0.15, -0.1) is 0 Å². The molecule has 0 saturated carbocycles. The van der Waals surface area contributed by atoms with Gasteiger partial charge in [-0.1, -0.05) is 48.5 Å². The van der Waals surface area contributed by atoms with E-state index in [-0.39, 0.29) is 6.61 Å². The molecule has 0 radical (unpaired) electrons. The van der Waals surface area contributed by atoms with E-state index in [1.54, 1.807) is 54.6 Å². The summed E-state index contributed by atoms with van der Waals surface area (Å²) in [6.07, 6.45) is 0. The molecule has 2 atom stereocenters. The van der Waals surface area contributed by atoms with E-state index in [1.165, 1.54) is 6.92 Å². The smallest absolute Gasteiger partial charge is 0.323 e. The molecule has 176 valence electrons. The highest BCUT2D eigenvalue weighted by molar-refractivity contribution is 7.30. The van der Waals surface area contributed by atoms with Crippen LogP contribution >= 0.6 is 8.96 Å². The Kier molecular flexibility index (Phi) is 10.0. The van der Waals surface area contributed by atoms with Crippen LogP contribution in [-0.4, -0.2) is 17.1 Å². The van der Waals surface area contributed by atoms with E-state index in [9.17, 15) is 26.7 Å². The molecule has 0 bridgehead atoms. The fourth-order valence-electron chi connectivity index (χ4n) is 2.18. The molecule has 3 rings (SSSR count). The predicted molar refractivity (Wildman–Crippen MR) is 112 cm³/mol. The van der Waals surface area contributed by atoms with Crippen molar-refractivity contribution >= 4 is 14.9 Å². The number of nitrogens with one attached hydrogen (secondary N) is 1. The van der Waals surface area contributed by atoms with Crippen molar-refractivity contribution in [3.05, 3.63) is 95.3 Å². The van der Waals surface area contributed by atoms with Crippen molar-refractivity contribution in [2.24, 2.45) is 0 Å². The Bertz CT molecular complexity index is 1030. The Hall–Kier alpha value is -3.23. The lowest BCUT2D eigenvalue weighted by Gasteiger charge is -2.14. The number of carbonyl (C=O) groups is 1. The predicted octanol–water partition coefficient (Wildman–Crippen LogP) is 5.38. The van der Waals surface area contributed by atoms with Crippen molar-refractivity contribution < 1.29 is 41.1 Å². The Labute approximate surface area is 188 Å². The molecule has 0 heterocycles. The summed E-state index contributed by atoms with van der Waals surface area (Å²) in [4.78, 5) is 11.8. The maximum absolute atomic E-state index is 13.4. The second kappa shape index (κ2) is 12.7. The first-order chi connectivity index (χ1) is 15.7. The molecule has 2 N–H and O–H groups in total. The highest BCUT2D eigenvalue weighted by Gasteiger charge is 2.27. The monoisotopic (exact) mass is 487 g/mol. The number of ether oxygens (including phenoxy) is 1. The van der Waals surface area contributed by atoms with Gasteiger partial charge >= 0.3 is 5.97 Å². The van der Waals surface area contributed by atoms with Crippen LogP contribution in [0.4, 0.5) is 22.0 Å². The number of phenols is 1. The third-order valence-electron chi connectivity index (χ3n) is 3.93. The average molecular weight is 487 g/mol. The van der Waals surface area contributed by atoms with E-state index < -0.39 is 55.8 Å². The van der Waals surface area contributed by atoms with Crippen molar-refractivity contribution in [1.82, 2.24) is 5.09 Å². The zero-order valence-electron chi connectivity index (χ0n) is 17.1. The third-order valence-corrected chi connectivity index (χ3v) is 4.79. The zero-order valence-corrected chi connectivity index (χ0v) is 18.1. The fraction of sp³-hybridized carbons (Fsp3) is 0.136. The van der Waals surface area contributed by atoms with Crippen LogP contribution in [0.1, 0.15) is 12.5 Å². The molecule has 2 unspecified atom stereocenters. The van der Waals surface area contributed by atoms with Gasteiger partial charge in [0.1, 0.15) is 27.4 Å². The van der Waals surface area contributed by atoms with Gasteiger partial charge < -0.3 is 14.4 Å². The topological polar surface area (TPSA) is 67.8 Å². The number of carbonyl (C=O) groups excluding carboxylic acids is 1. The molecule has 0 aliphatic rings. The van der Waals surface area contributed by atoms with Crippen LogP contribution in [0.25, 0.3) is 0 Å². The Morgan fingerprint density at radius 1 is 0.879 bits per heavy atom. The van der Waals surface area contributed by atoms with E-state index in [0.717, 1.165) is 5.56 Å². The standard InChI is InChI=1S/C16H13F5NO3P.C6H6O/c1-8(16(23)24-7-9-5-3-2-4-6-9)22-26-25-15-13(20)11(18)10(17)12(19)14(15)21;7-6-4-2-1-3-5-6/h2-6,8,22,26H,7H2,1H3;1-5,7H. The Morgan fingerprint density at radius 3 is 1.85 bits per heavy atom. The van der Waals surface area contributed by atoms with E-state index in [2.05, 4.69) is 9.61 Å². The van der Waals surface area contributed by atoms with Gasteiger partial charge in [0.05, 0.1) is 0 Å². The number of hydrogen-bond donors (Lipinski definition) is 2. The Balaban J connectivity index is 0.000000468. The summed E-state index contributed by atoms with van der Waals surface area (Å²) in [7, 11) is -0.951. The van der Waals surface area contributed by atoms with Crippen molar-refractivity contribution in [2.45, 2.75) is 19.6 Å². The fourth-order valence-corrected chi connectivity index (χ4v) is 2.82. The number of para-hydroxylation sites is 1. The van der Waals surface area contributed by atoms with Crippen molar-refractivity contribution in [1.29, 1.82) is 0 Å². The third kappa shape index (κ3) is 7.69. The summed E-state index contributed by atoms with van der Waals surface area (Å²) in [5.41, 5.74) is 0.758.